The van der Waals surface area contributed by atoms with E-state index >= 15 is 0 Å². The molecule has 68 valence electrons. The third kappa shape index (κ3) is 2.30. The van der Waals surface area contributed by atoms with E-state index in [-0.39, 0.29) is 13.1 Å². The first-order chi connectivity index (χ1) is 5.53. The van der Waals surface area contributed by atoms with Crippen molar-refractivity contribution in [2.24, 2.45) is 5.73 Å². The van der Waals surface area contributed by atoms with Crippen molar-refractivity contribution in [1.29, 1.82) is 0 Å². The Morgan fingerprint density at radius 3 is 2.83 bits per heavy atom. The quantitative estimate of drug-likeness (QED) is 0.733. The number of rotatable bonds is 3. The standard InChI is InChI=1S/C8H14FN3/c1-7-3-11-12(4-7)6-8(2,9)5-10/h3-4H,5-6,10H2,1-2H3. The second-order valence-corrected chi connectivity index (χ2v) is 3.33. The average molecular weight is 171 g/mol. The smallest absolute Gasteiger partial charge is 0.139 e. The van der Waals surface area contributed by atoms with E-state index in [4.69, 9.17) is 5.73 Å². The molecular weight excluding hydrogens is 157 g/mol. The summed E-state index contributed by atoms with van der Waals surface area (Å²) in [6.07, 6.45) is 3.50. The Kier molecular flexibility index (Phi) is 2.47. The van der Waals surface area contributed by atoms with E-state index in [1.54, 1.807) is 17.1 Å². The zero-order chi connectivity index (χ0) is 9.19. The molecule has 1 rings (SSSR count). The van der Waals surface area contributed by atoms with Crippen molar-refractivity contribution in [3.63, 3.8) is 0 Å². The Balaban J connectivity index is 2.63. The molecular formula is C8H14FN3. The number of nitrogens with two attached hydrogens (primary N) is 1. The molecule has 1 aromatic heterocycles. The number of hydrogen-bond acceptors (Lipinski definition) is 2. The minimum absolute atomic E-state index is 0.0197. The van der Waals surface area contributed by atoms with E-state index in [9.17, 15) is 4.39 Å². The fraction of sp³-hybridized carbons (Fsp3) is 0.625. The van der Waals surface area contributed by atoms with Crippen LogP contribution >= 0.6 is 0 Å². The lowest BCUT2D eigenvalue weighted by molar-refractivity contribution is 0.164. The van der Waals surface area contributed by atoms with Crippen molar-refractivity contribution in [2.75, 3.05) is 6.54 Å². The molecule has 1 aromatic rings. The van der Waals surface area contributed by atoms with Crippen molar-refractivity contribution in [1.82, 2.24) is 9.78 Å². The molecule has 4 heteroatoms. The summed E-state index contributed by atoms with van der Waals surface area (Å²) >= 11 is 0. The van der Waals surface area contributed by atoms with E-state index in [2.05, 4.69) is 5.10 Å². The third-order valence-corrected chi connectivity index (χ3v) is 1.68. The van der Waals surface area contributed by atoms with Crippen molar-refractivity contribution in [2.45, 2.75) is 26.1 Å². The van der Waals surface area contributed by atoms with Gasteiger partial charge in [-0.3, -0.25) is 4.68 Å². The van der Waals surface area contributed by atoms with Crippen molar-refractivity contribution in [3.8, 4) is 0 Å². The molecule has 0 fully saturated rings. The van der Waals surface area contributed by atoms with Gasteiger partial charge in [0.25, 0.3) is 0 Å². The Bertz CT molecular complexity index is 255. The van der Waals surface area contributed by atoms with E-state index in [1.165, 1.54) is 6.92 Å². The zero-order valence-corrected chi connectivity index (χ0v) is 7.42. The molecule has 0 saturated heterocycles. The van der Waals surface area contributed by atoms with Gasteiger partial charge in [0, 0.05) is 12.7 Å². The van der Waals surface area contributed by atoms with Crippen LogP contribution in [-0.4, -0.2) is 22.0 Å². The van der Waals surface area contributed by atoms with Crippen LogP contribution in [0.4, 0.5) is 4.39 Å². The average Bonchev–Trinajstić information content (AvgIpc) is 2.35. The van der Waals surface area contributed by atoms with Crippen molar-refractivity contribution in [3.05, 3.63) is 18.0 Å². The monoisotopic (exact) mass is 171 g/mol. The predicted octanol–water partition coefficient (Wildman–Crippen LogP) is 0.878. The first-order valence-electron chi connectivity index (χ1n) is 3.91. The van der Waals surface area contributed by atoms with Crippen LogP contribution in [0.25, 0.3) is 0 Å². The van der Waals surface area contributed by atoms with E-state index in [0.29, 0.717) is 0 Å². The van der Waals surface area contributed by atoms with Gasteiger partial charge in [-0.2, -0.15) is 5.10 Å². The van der Waals surface area contributed by atoms with Gasteiger partial charge in [0.2, 0.25) is 0 Å². The fourth-order valence-corrected chi connectivity index (χ4v) is 0.956. The van der Waals surface area contributed by atoms with Crippen molar-refractivity contribution >= 4 is 0 Å². The second-order valence-electron chi connectivity index (χ2n) is 3.33. The van der Waals surface area contributed by atoms with Crippen LogP contribution in [0.15, 0.2) is 12.4 Å². The lowest BCUT2D eigenvalue weighted by atomic mass is 10.1. The van der Waals surface area contributed by atoms with Crippen LogP contribution in [0, 0.1) is 6.92 Å². The highest BCUT2D eigenvalue weighted by Gasteiger charge is 2.21. The minimum atomic E-state index is -1.36. The molecule has 0 bridgehead atoms. The molecule has 1 atom stereocenters. The number of aryl methyl sites for hydroxylation is 1. The van der Waals surface area contributed by atoms with E-state index in [0.717, 1.165) is 5.56 Å². The lowest BCUT2D eigenvalue weighted by Crippen LogP contribution is -2.34. The molecule has 0 saturated carbocycles. The summed E-state index contributed by atoms with van der Waals surface area (Å²) in [5, 5.41) is 3.97. The van der Waals surface area contributed by atoms with E-state index < -0.39 is 5.67 Å². The number of hydrogen-bond donors (Lipinski definition) is 1. The Morgan fingerprint density at radius 2 is 2.42 bits per heavy atom. The number of halogens is 1. The summed E-state index contributed by atoms with van der Waals surface area (Å²) in [4.78, 5) is 0. The highest BCUT2D eigenvalue weighted by molar-refractivity contribution is 4.99. The third-order valence-electron chi connectivity index (χ3n) is 1.68. The summed E-state index contributed by atoms with van der Waals surface area (Å²) in [7, 11) is 0. The van der Waals surface area contributed by atoms with Crippen LogP contribution in [0.3, 0.4) is 0 Å². The van der Waals surface area contributed by atoms with Gasteiger partial charge in [-0.05, 0) is 19.4 Å². The summed E-state index contributed by atoms with van der Waals surface area (Å²) < 4.78 is 14.9. The SMILES string of the molecule is Cc1cnn(CC(C)(F)CN)c1. The number of alkyl halides is 1. The van der Waals surface area contributed by atoms with E-state index in [1.807, 2.05) is 6.92 Å². The molecule has 0 aliphatic carbocycles. The first-order valence-corrected chi connectivity index (χ1v) is 3.91. The summed E-state index contributed by atoms with van der Waals surface area (Å²) in [6, 6.07) is 0. The Labute approximate surface area is 71.4 Å². The van der Waals surface area contributed by atoms with Crippen LogP contribution in [0.5, 0.6) is 0 Å². The normalized spacial score (nSPS) is 16.0. The summed E-state index contributed by atoms with van der Waals surface area (Å²) in [6.45, 7) is 3.63. The molecule has 0 spiro atoms. The first kappa shape index (κ1) is 9.19. The highest BCUT2D eigenvalue weighted by atomic mass is 19.1. The number of nitrogens with zero attached hydrogens (tertiary/aromatic N) is 2. The molecule has 12 heavy (non-hydrogen) atoms. The van der Waals surface area contributed by atoms with Gasteiger partial charge >= 0.3 is 0 Å². The van der Waals surface area contributed by atoms with Gasteiger partial charge in [-0.1, -0.05) is 0 Å². The van der Waals surface area contributed by atoms with Crippen LogP contribution in [0.1, 0.15) is 12.5 Å². The molecule has 0 aromatic carbocycles. The molecule has 0 aliphatic heterocycles. The second kappa shape index (κ2) is 3.23. The molecule has 3 nitrogen and oxygen atoms in total. The molecule has 1 unspecified atom stereocenters. The van der Waals surface area contributed by atoms with Crippen molar-refractivity contribution < 1.29 is 4.39 Å². The van der Waals surface area contributed by atoms with Gasteiger partial charge in [0.15, 0.2) is 0 Å². The minimum Gasteiger partial charge on any atom is -0.327 e. The summed E-state index contributed by atoms with van der Waals surface area (Å²) in [5.41, 5.74) is 4.91. The molecule has 0 radical (unpaired) electrons. The zero-order valence-electron chi connectivity index (χ0n) is 7.42. The number of aromatic nitrogens is 2. The fourth-order valence-electron chi connectivity index (χ4n) is 0.956. The van der Waals surface area contributed by atoms with Crippen LogP contribution in [0.2, 0.25) is 0 Å². The van der Waals surface area contributed by atoms with Gasteiger partial charge in [-0.25, -0.2) is 4.39 Å². The largest absolute Gasteiger partial charge is 0.327 e. The Hall–Kier alpha value is -0.900. The van der Waals surface area contributed by atoms with Gasteiger partial charge < -0.3 is 5.73 Å². The predicted molar refractivity (Wildman–Crippen MR) is 45.5 cm³/mol. The molecule has 0 aliphatic rings. The maximum Gasteiger partial charge on any atom is 0.139 e. The molecule has 1 heterocycles. The lowest BCUT2D eigenvalue weighted by Gasteiger charge is -2.17. The Morgan fingerprint density at radius 1 is 1.75 bits per heavy atom. The maximum absolute atomic E-state index is 13.3. The molecule has 2 N–H and O–H groups in total. The van der Waals surface area contributed by atoms with Gasteiger partial charge in [0.05, 0.1) is 12.7 Å². The van der Waals surface area contributed by atoms with Gasteiger partial charge in [-0.15, -0.1) is 0 Å². The maximum atomic E-state index is 13.3. The summed E-state index contributed by atoms with van der Waals surface area (Å²) in [5.74, 6) is 0. The molecule has 0 amide bonds. The topological polar surface area (TPSA) is 43.8 Å². The van der Waals surface area contributed by atoms with Crippen LogP contribution < -0.4 is 5.73 Å². The van der Waals surface area contributed by atoms with Gasteiger partial charge in [0.1, 0.15) is 5.67 Å². The highest BCUT2D eigenvalue weighted by Crippen LogP contribution is 2.10. The van der Waals surface area contributed by atoms with Crippen LogP contribution in [-0.2, 0) is 6.54 Å².